The Morgan fingerprint density at radius 2 is 2.44 bits per heavy atom. The summed E-state index contributed by atoms with van der Waals surface area (Å²) < 4.78 is 1.56. The largest absolute Gasteiger partial charge is 0.333 e. The summed E-state index contributed by atoms with van der Waals surface area (Å²) in [5, 5.41) is 16.3. The summed E-state index contributed by atoms with van der Waals surface area (Å²) in [5.41, 5.74) is 5.74. The average molecular weight is 248 g/mol. The fourth-order valence-electron chi connectivity index (χ4n) is 1.79. The summed E-state index contributed by atoms with van der Waals surface area (Å²) in [7, 11) is 0. The van der Waals surface area contributed by atoms with Crippen LogP contribution in [0.5, 0.6) is 0 Å². The van der Waals surface area contributed by atoms with Crippen LogP contribution in [-0.2, 0) is 6.54 Å². The molecule has 2 N–H and O–H groups in total. The first-order chi connectivity index (χ1) is 8.76. The number of nitriles is 1. The van der Waals surface area contributed by atoms with Gasteiger partial charge in [-0.2, -0.15) is 5.26 Å². The Kier molecular flexibility index (Phi) is 3.89. The molecule has 0 spiro atoms. The van der Waals surface area contributed by atoms with E-state index in [9.17, 15) is 4.79 Å². The number of hydrogen-bond acceptors (Lipinski definition) is 5. The van der Waals surface area contributed by atoms with Crippen LogP contribution >= 0.6 is 0 Å². The Morgan fingerprint density at radius 3 is 3.06 bits per heavy atom. The molecular weight excluding hydrogens is 232 g/mol. The minimum absolute atomic E-state index is 0.143. The van der Waals surface area contributed by atoms with E-state index in [1.54, 1.807) is 15.8 Å². The van der Waals surface area contributed by atoms with Gasteiger partial charge in [-0.15, -0.1) is 5.10 Å². The standard InChI is InChI=1S/C11H16N6O/c12-4-1-6-17(9-2-3-9)11(18)10-8-16(7-5-13)15-14-10/h8-9H,1-3,5-7,13H2. The van der Waals surface area contributed by atoms with Gasteiger partial charge in [0.25, 0.3) is 5.91 Å². The molecule has 0 unspecified atom stereocenters. The number of aromatic nitrogens is 3. The molecule has 1 aromatic heterocycles. The fraction of sp³-hybridized carbons (Fsp3) is 0.636. The number of nitrogens with two attached hydrogens (primary N) is 1. The molecule has 7 heteroatoms. The Morgan fingerprint density at radius 1 is 1.67 bits per heavy atom. The van der Waals surface area contributed by atoms with Gasteiger partial charge in [0, 0.05) is 19.1 Å². The monoisotopic (exact) mass is 248 g/mol. The van der Waals surface area contributed by atoms with E-state index in [-0.39, 0.29) is 11.9 Å². The molecule has 0 saturated heterocycles. The molecule has 0 aliphatic heterocycles. The highest BCUT2D eigenvalue weighted by Crippen LogP contribution is 2.28. The Hall–Kier alpha value is -1.94. The first kappa shape index (κ1) is 12.5. The van der Waals surface area contributed by atoms with E-state index in [1.807, 2.05) is 0 Å². The van der Waals surface area contributed by atoms with E-state index in [0.717, 1.165) is 12.8 Å². The molecule has 1 amide bonds. The van der Waals surface area contributed by atoms with Crippen LogP contribution in [0.4, 0.5) is 0 Å². The summed E-state index contributed by atoms with van der Waals surface area (Å²) >= 11 is 0. The van der Waals surface area contributed by atoms with Gasteiger partial charge >= 0.3 is 0 Å². The number of carbonyl (C=O) groups excluding carboxylic acids is 1. The number of carbonyl (C=O) groups is 1. The molecule has 0 atom stereocenters. The van der Waals surface area contributed by atoms with Crippen molar-refractivity contribution in [1.29, 1.82) is 5.26 Å². The van der Waals surface area contributed by atoms with Gasteiger partial charge in [-0.25, -0.2) is 0 Å². The van der Waals surface area contributed by atoms with Crippen molar-refractivity contribution in [2.45, 2.75) is 31.8 Å². The lowest BCUT2D eigenvalue weighted by Crippen LogP contribution is -2.34. The fourth-order valence-corrected chi connectivity index (χ4v) is 1.79. The van der Waals surface area contributed by atoms with Crippen LogP contribution in [0.15, 0.2) is 6.20 Å². The molecule has 18 heavy (non-hydrogen) atoms. The first-order valence-corrected chi connectivity index (χ1v) is 6.04. The van der Waals surface area contributed by atoms with Crippen molar-refractivity contribution in [2.75, 3.05) is 13.1 Å². The molecular formula is C11H16N6O. The second kappa shape index (κ2) is 5.60. The molecule has 96 valence electrons. The molecule has 0 bridgehead atoms. The van der Waals surface area contributed by atoms with Gasteiger partial charge in [-0.1, -0.05) is 5.21 Å². The Bertz CT molecular complexity index is 458. The Balaban J connectivity index is 2.04. The van der Waals surface area contributed by atoms with Gasteiger partial charge in [0.1, 0.15) is 0 Å². The lowest BCUT2D eigenvalue weighted by atomic mass is 10.3. The zero-order valence-electron chi connectivity index (χ0n) is 10.1. The summed E-state index contributed by atoms with van der Waals surface area (Å²) in [4.78, 5) is 13.9. The number of amides is 1. The SMILES string of the molecule is N#CCCN(C(=O)c1cn(CCN)nn1)C1CC1. The van der Waals surface area contributed by atoms with Crippen molar-refractivity contribution in [3.8, 4) is 6.07 Å². The molecule has 0 radical (unpaired) electrons. The van der Waals surface area contributed by atoms with Crippen LogP contribution in [0, 0.1) is 11.3 Å². The highest BCUT2D eigenvalue weighted by Gasteiger charge is 2.33. The number of hydrogen-bond donors (Lipinski definition) is 1. The van der Waals surface area contributed by atoms with Crippen molar-refractivity contribution < 1.29 is 4.79 Å². The second-order valence-electron chi connectivity index (χ2n) is 4.29. The number of nitrogens with zero attached hydrogens (tertiary/aromatic N) is 5. The molecule has 1 aromatic rings. The third kappa shape index (κ3) is 2.84. The third-order valence-corrected chi connectivity index (χ3v) is 2.83. The van der Waals surface area contributed by atoms with E-state index < -0.39 is 0 Å². The molecule has 1 heterocycles. The van der Waals surface area contributed by atoms with Crippen molar-refractivity contribution in [1.82, 2.24) is 19.9 Å². The summed E-state index contributed by atoms with van der Waals surface area (Å²) in [6, 6.07) is 2.33. The summed E-state index contributed by atoms with van der Waals surface area (Å²) in [5.74, 6) is -0.143. The lowest BCUT2D eigenvalue weighted by Gasteiger charge is -2.19. The van der Waals surface area contributed by atoms with E-state index in [0.29, 0.717) is 31.7 Å². The summed E-state index contributed by atoms with van der Waals surface area (Å²) in [6.07, 6.45) is 3.97. The summed E-state index contributed by atoms with van der Waals surface area (Å²) in [6.45, 7) is 1.46. The number of rotatable bonds is 6. The van der Waals surface area contributed by atoms with Gasteiger partial charge in [0.05, 0.1) is 25.2 Å². The van der Waals surface area contributed by atoms with Crippen molar-refractivity contribution >= 4 is 5.91 Å². The highest BCUT2D eigenvalue weighted by atomic mass is 16.2. The van der Waals surface area contributed by atoms with Crippen LogP contribution in [0.1, 0.15) is 29.8 Å². The van der Waals surface area contributed by atoms with Gasteiger partial charge in [-0.05, 0) is 12.8 Å². The molecule has 1 aliphatic carbocycles. The van der Waals surface area contributed by atoms with Crippen LogP contribution in [0.25, 0.3) is 0 Å². The van der Waals surface area contributed by atoms with E-state index in [2.05, 4.69) is 16.4 Å². The minimum Gasteiger partial charge on any atom is -0.333 e. The normalized spacial score (nSPS) is 14.2. The van der Waals surface area contributed by atoms with Crippen LogP contribution in [-0.4, -0.2) is 44.9 Å². The molecule has 1 saturated carbocycles. The van der Waals surface area contributed by atoms with Gasteiger partial charge in [-0.3, -0.25) is 9.48 Å². The first-order valence-electron chi connectivity index (χ1n) is 6.04. The maximum atomic E-state index is 12.2. The minimum atomic E-state index is -0.143. The maximum Gasteiger partial charge on any atom is 0.276 e. The molecule has 1 fully saturated rings. The van der Waals surface area contributed by atoms with Crippen molar-refractivity contribution in [2.24, 2.45) is 5.73 Å². The molecule has 2 rings (SSSR count). The van der Waals surface area contributed by atoms with Gasteiger partial charge < -0.3 is 10.6 Å². The molecule has 0 aromatic carbocycles. The smallest absolute Gasteiger partial charge is 0.276 e. The zero-order valence-corrected chi connectivity index (χ0v) is 10.1. The van der Waals surface area contributed by atoms with Gasteiger partial charge in [0.15, 0.2) is 5.69 Å². The van der Waals surface area contributed by atoms with E-state index >= 15 is 0 Å². The highest BCUT2D eigenvalue weighted by molar-refractivity contribution is 5.92. The van der Waals surface area contributed by atoms with Crippen LogP contribution < -0.4 is 5.73 Å². The zero-order chi connectivity index (χ0) is 13.0. The quantitative estimate of drug-likeness (QED) is 0.748. The van der Waals surface area contributed by atoms with Crippen LogP contribution in [0.2, 0.25) is 0 Å². The van der Waals surface area contributed by atoms with Gasteiger partial charge in [0.2, 0.25) is 0 Å². The lowest BCUT2D eigenvalue weighted by molar-refractivity contribution is 0.0740. The predicted molar refractivity (Wildman–Crippen MR) is 63.4 cm³/mol. The molecule has 1 aliphatic rings. The Labute approximate surface area is 105 Å². The van der Waals surface area contributed by atoms with Crippen molar-refractivity contribution in [3.63, 3.8) is 0 Å². The van der Waals surface area contributed by atoms with Crippen molar-refractivity contribution in [3.05, 3.63) is 11.9 Å². The van der Waals surface area contributed by atoms with E-state index in [1.165, 1.54) is 0 Å². The second-order valence-corrected chi connectivity index (χ2v) is 4.29. The topological polar surface area (TPSA) is 101 Å². The average Bonchev–Trinajstić information content (AvgIpc) is 3.09. The van der Waals surface area contributed by atoms with E-state index in [4.69, 9.17) is 11.0 Å². The third-order valence-electron chi connectivity index (χ3n) is 2.83. The predicted octanol–water partition coefficient (Wildman–Crippen LogP) is -0.245. The molecule has 7 nitrogen and oxygen atoms in total. The maximum absolute atomic E-state index is 12.2. The van der Waals surface area contributed by atoms with Crippen LogP contribution in [0.3, 0.4) is 0 Å².